The number of methoxy groups -OCH3 is 1. The summed E-state index contributed by atoms with van der Waals surface area (Å²) < 4.78 is 5.42. The van der Waals surface area contributed by atoms with Gasteiger partial charge in [0.05, 0.1) is 6.10 Å². The molecule has 0 aromatic heterocycles. The van der Waals surface area contributed by atoms with Gasteiger partial charge < -0.3 is 10.1 Å². The number of nitrogens with one attached hydrogen (secondary N) is 1. The van der Waals surface area contributed by atoms with Gasteiger partial charge in [-0.3, -0.25) is 4.90 Å². The molecular formula is C14H26N2O. The smallest absolute Gasteiger partial charge is 0.0601 e. The van der Waals surface area contributed by atoms with E-state index < -0.39 is 0 Å². The van der Waals surface area contributed by atoms with Gasteiger partial charge in [-0.15, -0.1) is 0 Å². The van der Waals surface area contributed by atoms with E-state index in [1.165, 1.54) is 51.6 Å². The van der Waals surface area contributed by atoms with Gasteiger partial charge in [-0.2, -0.15) is 0 Å². The molecule has 2 saturated carbocycles. The van der Waals surface area contributed by atoms with E-state index in [4.69, 9.17) is 4.74 Å². The molecule has 2 aliphatic carbocycles. The Bertz CT molecular complexity index is 269. The van der Waals surface area contributed by atoms with Crippen molar-refractivity contribution >= 4 is 0 Å². The van der Waals surface area contributed by atoms with Crippen LogP contribution in [0.3, 0.4) is 0 Å². The van der Waals surface area contributed by atoms with Crippen molar-refractivity contribution in [2.75, 3.05) is 20.2 Å². The molecule has 1 N–H and O–H groups in total. The lowest BCUT2D eigenvalue weighted by Crippen LogP contribution is -2.66. The molecule has 1 unspecified atom stereocenters. The fourth-order valence-corrected chi connectivity index (χ4v) is 3.92. The lowest BCUT2D eigenvalue weighted by Gasteiger charge is -2.52. The molecule has 3 aliphatic rings. The van der Waals surface area contributed by atoms with Crippen LogP contribution in [0, 0.1) is 0 Å². The van der Waals surface area contributed by atoms with E-state index in [1.807, 2.05) is 7.11 Å². The molecule has 0 radical (unpaired) electrons. The summed E-state index contributed by atoms with van der Waals surface area (Å²) in [4.78, 5) is 2.76. The highest BCUT2D eigenvalue weighted by molar-refractivity contribution is 5.03. The Hall–Kier alpha value is -0.120. The molecule has 0 aromatic carbocycles. The number of hydrogen-bond acceptors (Lipinski definition) is 3. The number of nitrogens with zero attached hydrogens (tertiary/aromatic N) is 1. The predicted molar refractivity (Wildman–Crippen MR) is 69.2 cm³/mol. The van der Waals surface area contributed by atoms with Crippen LogP contribution >= 0.6 is 0 Å². The molecule has 0 amide bonds. The molecule has 3 fully saturated rings. The van der Waals surface area contributed by atoms with Crippen molar-refractivity contribution in [1.29, 1.82) is 0 Å². The van der Waals surface area contributed by atoms with Crippen LogP contribution in [0.15, 0.2) is 0 Å². The van der Waals surface area contributed by atoms with Gasteiger partial charge >= 0.3 is 0 Å². The van der Waals surface area contributed by atoms with E-state index >= 15 is 0 Å². The van der Waals surface area contributed by atoms with Gasteiger partial charge in [0.15, 0.2) is 0 Å². The lowest BCUT2D eigenvalue weighted by atomic mass is 9.83. The normalized spacial score (nSPS) is 41.6. The van der Waals surface area contributed by atoms with Crippen molar-refractivity contribution in [1.82, 2.24) is 10.2 Å². The molecule has 17 heavy (non-hydrogen) atoms. The second kappa shape index (κ2) is 4.52. The minimum absolute atomic E-state index is 0.463. The van der Waals surface area contributed by atoms with E-state index in [0.29, 0.717) is 17.7 Å². The largest absolute Gasteiger partial charge is 0.381 e. The first-order valence-corrected chi connectivity index (χ1v) is 7.26. The maximum Gasteiger partial charge on any atom is 0.0601 e. The fraction of sp³-hybridized carbons (Fsp3) is 1.00. The Kier molecular flexibility index (Phi) is 3.18. The van der Waals surface area contributed by atoms with Gasteiger partial charge in [-0.25, -0.2) is 0 Å². The molecule has 3 heteroatoms. The zero-order valence-corrected chi connectivity index (χ0v) is 11.2. The maximum atomic E-state index is 5.42. The van der Waals surface area contributed by atoms with Crippen LogP contribution in [-0.2, 0) is 4.74 Å². The monoisotopic (exact) mass is 238 g/mol. The second-order valence-corrected chi connectivity index (χ2v) is 6.37. The van der Waals surface area contributed by atoms with Crippen molar-refractivity contribution in [2.45, 2.75) is 69.2 Å². The number of rotatable bonds is 2. The zero-order valence-electron chi connectivity index (χ0n) is 11.2. The van der Waals surface area contributed by atoms with E-state index in [-0.39, 0.29) is 0 Å². The summed E-state index contributed by atoms with van der Waals surface area (Å²) in [6.45, 7) is 4.82. The molecule has 1 aliphatic heterocycles. The van der Waals surface area contributed by atoms with Crippen molar-refractivity contribution in [3.05, 3.63) is 0 Å². The molecule has 0 aromatic rings. The topological polar surface area (TPSA) is 24.5 Å². The fourth-order valence-electron chi connectivity index (χ4n) is 3.92. The van der Waals surface area contributed by atoms with E-state index in [1.54, 1.807) is 0 Å². The van der Waals surface area contributed by atoms with Crippen molar-refractivity contribution < 1.29 is 4.74 Å². The molecule has 3 nitrogen and oxygen atoms in total. The predicted octanol–water partition coefficient (Wildman–Crippen LogP) is 1.77. The highest BCUT2D eigenvalue weighted by Crippen LogP contribution is 2.37. The summed E-state index contributed by atoms with van der Waals surface area (Å²) in [6, 6.07) is 1.48. The summed E-state index contributed by atoms with van der Waals surface area (Å²) in [5.41, 5.74) is 0.463. The van der Waals surface area contributed by atoms with Crippen molar-refractivity contribution in [3.8, 4) is 0 Å². The van der Waals surface area contributed by atoms with Gasteiger partial charge in [-0.1, -0.05) is 12.8 Å². The molecule has 1 atom stereocenters. The minimum atomic E-state index is 0.463. The summed E-state index contributed by atoms with van der Waals surface area (Å²) >= 11 is 0. The Balaban J connectivity index is 1.62. The van der Waals surface area contributed by atoms with Gasteiger partial charge in [0, 0.05) is 37.8 Å². The van der Waals surface area contributed by atoms with Crippen LogP contribution in [0.2, 0.25) is 0 Å². The van der Waals surface area contributed by atoms with Crippen LogP contribution in [0.5, 0.6) is 0 Å². The number of ether oxygens (including phenoxy) is 1. The highest BCUT2D eigenvalue weighted by Gasteiger charge is 2.44. The van der Waals surface area contributed by atoms with Crippen LogP contribution in [-0.4, -0.2) is 48.8 Å². The lowest BCUT2D eigenvalue weighted by molar-refractivity contribution is -0.0591. The highest BCUT2D eigenvalue weighted by atomic mass is 16.5. The molecular weight excluding hydrogens is 212 g/mol. The van der Waals surface area contributed by atoms with Gasteiger partial charge in [0.2, 0.25) is 0 Å². The molecule has 98 valence electrons. The SMILES string of the molecule is COC1CC(N2CC3(CCCC3)NCC2C)C1. The third-order valence-electron chi connectivity index (χ3n) is 5.26. The molecule has 3 rings (SSSR count). The third kappa shape index (κ3) is 2.13. The summed E-state index contributed by atoms with van der Waals surface area (Å²) in [7, 11) is 1.85. The Labute approximate surface area is 105 Å². The first kappa shape index (κ1) is 11.9. The summed E-state index contributed by atoms with van der Waals surface area (Å²) in [5, 5.41) is 3.83. The van der Waals surface area contributed by atoms with Gasteiger partial charge in [0.1, 0.15) is 0 Å². The second-order valence-electron chi connectivity index (χ2n) is 6.37. The Morgan fingerprint density at radius 3 is 2.59 bits per heavy atom. The van der Waals surface area contributed by atoms with Gasteiger partial charge in [-0.05, 0) is 32.6 Å². The quantitative estimate of drug-likeness (QED) is 0.793. The van der Waals surface area contributed by atoms with E-state index in [9.17, 15) is 0 Å². The van der Waals surface area contributed by atoms with Crippen LogP contribution in [0.4, 0.5) is 0 Å². The average molecular weight is 238 g/mol. The Morgan fingerprint density at radius 2 is 1.94 bits per heavy atom. The van der Waals surface area contributed by atoms with Crippen LogP contribution in [0.1, 0.15) is 45.4 Å². The first-order valence-electron chi connectivity index (χ1n) is 7.26. The van der Waals surface area contributed by atoms with E-state index in [2.05, 4.69) is 17.1 Å². The van der Waals surface area contributed by atoms with Crippen LogP contribution in [0.25, 0.3) is 0 Å². The standard InChI is InChI=1S/C14H26N2O/c1-11-9-15-14(5-3-4-6-14)10-16(11)12-7-13(8-12)17-2/h11-13,15H,3-10H2,1-2H3. The average Bonchev–Trinajstić information content (AvgIpc) is 2.71. The molecule has 0 bridgehead atoms. The number of piperazine rings is 1. The first-order chi connectivity index (χ1) is 8.22. The molecule has 1 heterocycles. The minimum Gasteiger partial charge on any atom is -0.381 e. The zero-order chi connectivity index (χ0) is 11.9. The summed E-state index contributed by atoms with van der Waals surface area (Å²) in [6.07, 6.45) is 8.63. The number of hydrogen-bond donors (Lipinski definition) is 1. The molecule has 1 saturated heterocycles. The molecule has 1 spiro atoms. The third-order valence-corrected chi connectivity index (χ3v) is 5.26. The van der Waals surface area contributed by atoms with Crippen molar-refractivity contribution in [3.63, 3.8) is 0 Å². The van der Waals surface area contributed by atoms with Crippen LogP contribution < -0.4 is 5.32 Å². The van der Waals surface area contributed by atoms with E-state index in [0.717, 1.165) is 6.04 Å². The van der Waals surface area contributed by atoms with Gasteiger partial charge in [0.25, 0.3) is 0 Å². The maximum absolute atomic E-state index is 5.42. The van der Waals surface area contributed by atoms with Crippen molar-refractivity contribution in [2.24, 2.45) is 0 Å². The summed E-state index contributed by atoms with van der Waals surface area (Å²) in [5.74, 6) is 0. The Morgan fingerprint density at radius 1 is 1.24 bits per heavy atom.